The van der Waals surface area contributed by atoms with Gasteiger partial charge < -0.3 is 14.5 Å². The fourth-order valence-corrected chi connectivity index (χ4v) is 3.49. The summed E-state index contributed by atoms with van der Waals surface area (Å²) in [6.07, 6.45) is 4.13. The molecule has 1 aromatic carbocycles. The molecule has 0 bridgehead atoms. The standard InChI is InChI=1S/C21H27ClN4O2/c1-4-5-6-21(27)26-10-9-25(13-16(26)3)19-12-20(24-14-23-19)28-17-7-8-18(22)15(2)11-17/h7-8,11-12,14,16H,4-6,9-10,13H2,1-3H3/t16-/m0/s1. The molecule has 1 saturated heterocycles. The topological polar surface area (TPSA) is 58.6 Å². The Hall–Kier alpha value is -2.34. The van der Waals surface area contributed by atoms with E-state index in [0.29, 0.717) is 29.6 Å². The largest absolute Gasteiger partial charge is 0.439 e. The van der Waals surface area contributed by atoms with Crippen LogP contribution in [0.4, 0.5) is 5.82 Å². The minimum Gasteiger partial charge on any atom is -0.439 e. The van der Waals surface area contributed by atoms with Gasteiger partial charge in [0.05, 0.1) is 0 Å². The molecule has 0 saturated carbocycles. The summed E-state index contributed by atoms with van der Waals surface area (Å²) in [6.45, 7) is 8.33. The molecule has 0 radical (unpaired) electrons. The van der Waals surface area contributed by atoms with Crippen LogP contribution in [-0.2, 0) is 4.79 Å². The average molecular weight is 403 g/mol. The monoisotopic (exact) mass is 402 g/mol. The van der Waals surface area contributed by atoms with Crippen LogP contribution in [-0.4, -0.2) is 46.5 Å². The van der Waals surface area contributed by atoms with Gasteiger partial charge in [0.15, 0.2) is 0 Å². The molecule has 1 amide bonds. The number of amides is 1. The van der Waals surface area contributed by atoms with Crippen LogP contribution < -0.4 is 9.64 Å². The lowest BCUT2D eigenvalue weighted by Gasteiger charge is -2.40. The van der Waals surface area contributed by atoms with E-state index in [2.05, 4.69) is 28.7 Å². The molecule has 7 heteroatoms. The third-order valence-corrected chi connectivity index (χ3v) is 5.42. The van der Waals surface area contributed by atoms with Crippen molar-refractivity contribution in [1.82, 2.24) is 14.9 Å². The number of rotatable bonds is 6. The molecule has 1 atom stereocenters. The smallest absolute Gasteiger partial charge is 0.224 e. The second-order valence-corrected chi connectivity index (χ2v) is 7.62. The fourth-order valence-electron chi connectivity index (χ4n) is 3.37. The van der Waals surface area contributed by atoms with Gasteiger partial charge in [-0.3, -0.25) is 4.79 Å². The highest BCUT2D eigenvalue weighted by Crippen LogP contribution is 2.27. The summed E-state index contributed by atoms with van der Waals surface area (Å²) in [5.41, 5.74) is 0.950. The summed E-state index contributed by atoms with van der Waals surface area (Å²) in [4.78, 5) is 25.2. The molecule has 28 heavy (non-hydrogen) atoms. The predicted octanol–water partition coefficient (Wildman–Crippen LogP) is 4.46. The third kappa shape index (κ3) is 4.93. The van der Waals surface area contributed by atoms with E-state index < -0.39 is 0 Å². The van der Waals surface area contributed by atoms with E-state index in [4.69, 9.17) is 16.3 Å². The second-order valence-electron chi connectivity index (χ2n) is 7.21. The van der Waals surface area contributed by atoms with Gasteiger partial charge in [-0.2, -0.15) is 0 Å². The van der Waals surface area contributed by atoms with Crippen LogP contribution in [0.3, 0.4) is 0 Å². The fraction of sp³-hybridized carbons (Fsp3) is 0.476. The highest BCUT2D eigenvalue weighted by Gasteiger charge is 2.27. The molecule has 1 aliphatic rings. The van der Waals surface area contributed by atoms with Gasteiger partial charge in [0, 0.05) is 43.2 Å². The van der Waals surface area contributed by atoms with Crippen molar-refractivity contribution in [2.75, 3.05) is 24.5 Å². The molecule has 1 aromatic heterocycles. The minimum atomic E-state index is 0.149. The molecule has 0 spiro atoms. The zero-order chi connectivity index (χ0) is 20.1. The van der Waals surface area contributed by atoms with Crippen LogP contribution in [0.2, 0.25) is 5.02 Å². The maximum absolute atomic E-state index is 12.4. The van der Waals surface area contributed by atoms with Gasteiger partial charge in [-0.05, 0) is 44.0 Å². The van der Waals surface area contributed by atoms with Crippen molar-refractivity contribution in [2.24, 2.45) is 0 Å². The number of aryl methyl sites for hydroxylation is 1. The quantitative estimate of drug-likeness (QED) is 0.714. The number of hydrogen-bond acceptors (Lipinski definition) is 5. The normalized spacial score (nSPS) is 16.9. The first-order valence-corrected chi connectivity index (χ1v) is 10.2. The number of nitrogens with zero attached hydrogens (tertiary/aromatic N) is 4. The molecule has 2 heterocycles. The van der Waals surface area contributed by atoms with Gasteiger partial charge in [0.1, 0.15) is 17.9 Å². The van der Waals surface area contributed by atoms with Crippen molar-refractivity contribution in [3.8, 4) is 11.6 Å². The summed E-state index contributed by atoms with van der Waals surface area (Å²) >= 11 is 6.07. The number of carbonyl (C=O) groups is 1. The summed E-state index contributed by atoms with van der Waals surface area (Å²) in [5.74, 6) is 2.23. The Balaban J connectivity index is 1.66. The Kier molecular flexibility index (Phi) is 6.73. The SMILES string of the molecule is CCCCC(=O)N1CCN(c2cc(Oc3ccc(Cl)c(C)c3)ncn2)C[C@@H]1C. The first-order valence-electron chi connectivity index (χ1n) is 9.78. The van der Waals surface area contributed by atoms with Crippen molar-refractivity contribution in [3.63, 3.8) is 0 Å². The summed E-state index contributed by atoms with van der Waals surface area (Å²) in [7, 11) is 0. The highest BCUT2D eigenvalue weighted by molar-refractivity contribution is 6.31. The molecule has 150 valence electrons. The van der Waals surface area contributed by atoms with Crippen LogP contribution in [0.1, 0.15) is 38.7 Å². The zero-order valence-corrected chi connectivity index (χ0v) is 17.4. The van der Waals surface area contributed by atoms with Crippen LogP contribution in [0.15, 0.2) is 30.6 Å². The van der Waals surface area contributed by atoms with E-state index in [0.717, 1.165) is 37.3 Å². The Bertz CT molecular complexity index is 830. The molecule has 6 nitrogen and oxygen atoms in total. The van der Waals surface area contributed by atoms with Crippen molar-refractivity contribution in [1.29, 1.82) is 0 Å². The summed E-state index contributed by atoms with van der Waals surface area (Å²) in [6, 6.07) is 7.50. The molecular weight excluding hydrogens is 376 g/mol. The Labute approximate surface area is 171 Å². The number of aromatic nitrogens is 2. The van der Waals surface area contributed by atoms with Crippen molar-refractivity contribution < 1.29 is 9.53 Å². The van der Waals surface area contributed by atoms with E-state index in [9.17, 15) is 4.79 Å². The van der Waals surface area contributed by atoms with Crippen LogP contribution in [0, 0.1) is 6.92 Å². The molecule has 0 unspecified atom stereocenters. The number of unbranched alkanes of at least 4 members (excludes halogenated alkanes) is 1. The Morgan fingerprint density at radius 1 is 1.29 bits per heavy atom. The second kappa shape index (κ2) is 9.24. The number of halogens is 1. The summed E-state index contributed by atoms with van der Waals surface area (Å²) in [5, 5.41) is 0.705. The lowest BCUT2D eigenvalue weighted by Crippen LogP contribution is -2.54. The number of benzene rings is 1. The maximum Gasteiger partial charge on any atom is 0.224 e. The third-order valence-electron chi connectivity index (χ3n) is 5.00. The first kappa shape index (κ1) is 20.4. The predicted molar refractivity (Wildman–Crippen MR) is 111 cm³/mol. The minimum absolute atomic E-state index is 0.149. The molecule has 0 N–H and O–H groups in total. The van der Waals surface area contributed by atoms with Gasteiger partial charge in [-0.25, -0.2) is 9.97 Å². The van der Waals surface area contributed by atoms with E-state index in [1.807, 2.05) is 36.1 Å². The Morgan fingerprint density at radius 2 is 2.11 bits per heavy atom. The molecule has 1 fully saturated rings. The van der Waals surface area contributed by atoms with Crippen LogP contribution in [0.25, 0.3) is 0 Å². The first-order chi connectivity index (χ1) is 13.5. The maximum atomic E-state index is 12.4. The number of anilines is 1. The van der Waals surface area contributed by atoms with E-state index >= 15 is 0 Å². The van der Waals surface area contributed by atoms with Gasteiger partial charge >= 0.3 is 0 Å². The molecule has 0 aliphatic carbocycles. The number of carbonyl (C=O) groups excluding carboxylic acids is 1. The number of piperazine rings is 1. The molecule has 3 rings (SSSR count). The molecule has 1 aliphatic heterocycles. The van der Waals surface area contributed by atoms with Gasteiger partial charge in [-0.15, -0.1) is 0 Å². The van der Waals surface area contributed by atoms with Gasteiger partial charge in [0.2, 0.25) is 11.8 Å². The summed E-state index contributed by atoms with van der Waals surface area (Å²) < 4.78 is 5.88. The van der Waals surface area contributed by atoms with Gasteiger partial charge in [0.25, 0.3) is 0 Å². The van der Waals surface area contributed by atoms with Crippen molar-refractivity contribution >= 4 is 23.3 Å². The molecular formula is C21H27ClN4O2. The van der Waals surface area contributed by atoms with Crippen LogP contribution in [0.5, 0.6) is 11.6 Å². The number of hydrogen-bond donors (Lipinski definition) is 0. The molecule has 2 aromatic rings. The van der Waals surface area contributed by atoms with E-state index in [1.54, 1.807) is 0 Å². The van der Waals surface area contributed by atoms with E-state index in [1.165, 1.54) is 6.33 Å². The Morgan fingerprint density at radius 3 is 2.82 bits per heavy atom. The van der Waals surface area contributed by atoms with E-state index in [-0.39, 0.29) is 11.9 Å². The lowest BCUT2D eigenvalue weighted by atomic mass is 10.1. The number of ether oxygens (including phenoxy) is 1. The van der Waals surface area contributed by atoms with Crippen LogP contribution >= 0.6 is 11.6 Å². The van der Waals surface area contributed by atoms with Crippen molar-refractivity contribution in [3.05, 3.63) is 41.2 Å². The van der Waals surface area contributed by atoms with Crippen molar-refractivity contribution in [2.45, 2.75) is 46.1 Å². The highest BCUT2D eigenvalue weighted by atomic mass is 35.5. The lowest BCUT2D eigenvalue weighted by molar-refractivity contribution is -0.133. The zero-order valence-electron chi connectivity index (χ0n) is 16.7. The van der Waals surface area contributed by atoms with Gasteiger partial charge in [-0.1, -0.05) is 24.9 Å². The average Bonchev–Trinajstić information content (AvgIpc) is 2.69.